The van der Waals surface area contributed by atoms with Gasteiger partial charge in [-0.05, 0) is 23.8 Å². The first-order chi connectivity index (χ1) is 13.7. The molecule has 0 unspecified atom stereocenters. The van der Waals surface area contributed by atoms with E-state index < -0.39 is 6.10 Å². The topological polar surface area (TPSA) is 55.1 Å². The highest BCUT2D eigenvalue weighted by Gasteiger charge is 2.16. The fourth-order valence-electron chi connectivity index (χ4n) is 3.12. The zero-order chi connectivity index (χ0) is 19.6. The third-order valence-corrected chi connectivity index (χ3v) is 4.44. The second kappa shape index (κ2) is 10.7. The lowest BCUT2D eigenvalue weighted by Gasteiger charge is -2.25. The van der Waals surface area contributed by atoms with Gasteiger partial charge in [0.15, 0.2) is 0 Å². The quantitative estimate of drug-likeness (QED) is 0.546. The molecule has 148 valence electrons. The van der Waals surface area contributed by atoms with E-state index in [-0.39, 0.29) is 6.61 Å². The number of aliphatic hydroxyl groups excluding tert-OH is 1. The molecule has 0 amide bonds. The molecular weight excluding hydrogens is 354 g/mol. The number of benzene rings is 2. The molecule has 1 atom stereocenters. The Morgan fingerprint density at radius 3 is 2.50 bits per heavy atom. The minimum absolute atomic E-state index is 0.273. The lowest BCUT2D eigenvalue weighted by Crippen LogP contribution is -2.34. The van der Waals surface area contributed by atoms with Gasteiger partial charge in [0.1, 0.15) is 11.5 Å². The number of methoxy groups -OCH3 is 1. The van der Waals surface area contributed by atoms with Crippen LogP contribution in [-0.4, -0.2) is 36.4 Å². The molecule has 1 heterocycles. The van der Waals surface area contributed by atoms with E-state index in [1.54, 1.807) is 13.4 Å². The molecule has 5 heteroatoms. The maximum atomic E-state index is 10.5. The molecule has 0 radical (unpaired) electrons. The fourth-order valence-corrected chi connectivity index (χ4v) is 3.12. The summed E-state index contributed by atoms with van der Waals surface area (Å²) in [5, 5.41) is 10.5. The van der Waals surface area contributed by atoms with Gasteiger partial charge in [0.05, 0.1) is 39.2 Å². The summed E-state index contributed by atoms with van der Waals surface area (Å²) in [6, 6.07) is 21.7. The Morgan fingerprint density at radius 2 is 1.75 bits per heavy atom. The zero-order valence-electron chi connectivity index (χ0n) is 16.2. The Hall–Kier alpha value is -2.60. The van der Waals surface area contributed by atoms with Crippen molar-refractivity contribution in [1.29, 1.82) is 0 Å². The lowest BCUT2D eigenvalue weighted by atomic mass is 10.1. The molecule has 5 nitrogen and oxygen atoms in total. The van der Waals surface area contributed by atoms with Crippen LogP contribution in [0.1, 0.15) is 16.9 Å². The van der Waals surface area contributed by atoms with Gasteiger partial charge in [0, 0.05) is 18.7 Å². The highest BCUT2D eigenvalue weighted by Crippen LogP contribution is 2.20. The smallest absolute Gasteiger partial charge is 0.123 e. The summed E-state index contributed by atoms with van der Waals surface area (Å²) in [6.45, 7) is 2.47. The van der Waals surface area contributed by atoms with Crippen molar-refractivity contribution in [2.24, 2.45) is 0 Å². The predicted octanol–water partition coefficient (Wildman–Crippen LogP) is 3.87. The Balaban J connectivity index is 1.58. The summed E-state index contributed by atoms with van der Waals surface area (Å²) in [7, 11) is 1.67. The Morgan fingerprint density at radius 1 is 0.964 bits per heavy atom. The Labute approximate surface area is 166 Å². The molecule has 0 aliphatic carbocycles. The van der Waals surface area contributed by atoms with E-state index in [0.717, 1.165) is 22.6 Å². The molecule has 1 N–H and O–H groups in total. The molecule has 28 heavy (non-hydrogen) atoms. The van der Waals surface area contributed by atoms with Crippen LogP contribution in [0.4, 0.5) is 0 Å². The van der Waals surface area contributed by atoms with Crippen molar-refractivity contribution >= 4 is 0 Å². The summed E-state index contributed by atoms with van der Waals surface area (Å²) < 4.78 is 16.6. The van der Waals surface area contributed by atoms with Crippen molar-refractivity contribution in [3.8, 4) is 5.75 Å². The van der Waals surface area contributed by atoms with Crippen LogP contribution in [-0.2, 0) is 24.4 Å². The molecule has 2 aromatic carbocycles. The number of para-hydroxylation sites is 1. The van der Waals surface area contributed by atoms with Gasteiger partial charge in [-0.2, -0.15) is 0 Å². The Kier molecular flexibility index (Phi) is 7.67. The van der Waals surface area contributed by atoms with Crippen LogP contribution in [0, 0.1) is 0 Å². The van der Waals surface area contributed by atoms with E-state index in [4.69, 9.17) is 13.9 Å². The third kappa shape index (κ3) is 6.23. The molecule has 3 aromatic rings. The molecular formula is C23H27NO4. The van der Waals surface area contributed by atoms with Crippen molar-refractivity contribution in [2.75, 3.05) is 20.3 Å². The van der Waals surface area contributed by atoms with Gasteiger partial charge in [0.2, 0.25) is 0 Å². The number of ether oxygens (including phenoxy) is 2. The fraction of sp³-hybridized carbons (Fsp3) is 0.304. The second-order valence-corrected chi connectivity index (χ2v) is 6.72. The second-order valence-electron chi connectivity index (χ2n) is 6.72. The Bertz CT molecular complexity index is 804. The molecule has 0 aliphatic rings. The van der Waals surface area contributed by atoms with Crippen LogP contribution in [0.3, 0.4) is 0 Å². The van der Waals surface area contributed by atoms with Gasteiger partial charge < -0.3 is 19.0 Å². The number of nitrogens with zero attached hydrogens (tertiary/aromatic N) is 1. The van der Waals surface area contributed by atoms with Gasteiger partial charge in [-0.25, -0.2) is 0 Å². The lowest BCUT2D eigenvalue weighted by molar-refractivity contribution is 0.00603. The number of rotatable bonds is 11. The zero-order valence-corrected chi connectivity index (χ0v) is 16.2. The average molecular weight is 381 g/mol. The minimum atomic E-state index is -0.603. The first-order valence-electron chi connectivity index (χ1n) is 9.41. The van der Waals surface area contributed by atoms with Crippen molar-refractivity contribution in [2.45, 2.75) is 25.8 Å². The highest BCUT2D eigenvalue weighted by atomic mass is 16.5. The van der Waals surface area contributed by atoms with Gasteiger partial charge in [-0.1, -0.05) is 48.5 Å². The van der Waals surface area contributed by atoms with Gasteiger partial charge in [0.25, 0.3) is 0 Å². The first kappa shape index (κ1) is 20.1. The van der Waals surface area contributed by atoms with E-state index in [2.05, 4.69) is 4.90 Å². The van der Waals surface area contributed by atoms with Crippen LogP contribution in [0.25, 0.3) is 0 Å². The summed E-state index contributed by atoms with van der Waals surface area (Å²) in [4.78, 5) is 2.13. The molecule has 0 spiro atoms. The summed E-state index contributed by atoms with van der Waals surface area (Å²) in [5.41, 5.74) is 2.16. The number of furan rings is 1. The normalized spacial score (nSPS) is 12.2. The summed E-state index contributed by atoms with van der Waals surface area (Å²) in [6.07, 6.45) is 1.06. The summed E-state index contributed by atoms with van der Waals surface area (Å²) in [5.74, 6) is 1.69. The maximum absolute atomic E-state index is 10.5. The van der Waals surface area contributed by atoms with E-state index in [9.17, 15) is 5.11 Å². The van der Waals surface area contributed by atoms with Crippen molar-refractivity contribution in [3.05, 3.63) is 89.9 Å². The first-order valence-corrected chi connectivity index (χ1v) is 9.41. The highest BCUT2D eigenvalue weighted by molar-refractivity contribution is 5.33. The minimum Gasteiger partial charge on any atom is -0.496 e. The molecule has 1 aromatic heterocycles. The van der Waals surface area contributed by atoms with Gasteiger partial charge in [-0.15, -0.1) is 0 Å². The van der Waals surface area contributed by atoms with E-state index in [1.165, 1.54) is 0 Å². The van der Waals surface area contributed by atoms with E-state index in [0.29, 0.717) is 26.2 Å². The van der Waals surface area contributed by atoms with Gasteiger partial charge in [-0.3, -0.25) is 4.90 Å². The van der Waals surface area contributed by atoms with E-state index >= 15 is 0 Å². The third-order valence-electron chi connectivity index (χ3n) is 4.44. The SMILES string of the molecule is COc1ccccc1CN(Cc1ccco1)C[C@@H](O)COCc1ccccc1. The molecule has 0 saturated carbocycles. The molecule has 0 bridgehead atoms. The number of aliphatic hydroxyl groups is 1. The predicted molar refractivity (Wildman–Crippen MR) is 108 cm³/mol. The maximum Gasteiger partial charge on any atom is 0.123 e. The largest absolute Gasteiger partial charge is 0.496 e. The molecule has 0 saturated heterocycles. The molecule has 0 aliphatic heterocycles. The number of hydrogen-bond acceptors (Lipinski definition) is 5. The van der Waals surface area contributed by atoms with Crippen molar-refractivity contribution < 1.29 is 19.0 Å². The molecule has 3 rings (SSSR count). The van der Waals surface area contributed by atoms with Crippen LogP contribution in [0.5, 0.6) is 5.75 Å². The standard InChI is InChI=1S/C23H27NO4/c1-26-23-12-6-5-10-20(23)14-24(16-22-11-7-13-28-22)15-21(25)18-27-17-19-8-3-2-4-9-19/h2-13,21,25H,14-18H2,1H3/t21-/m1/s1. The summed E-state index contributed by atoms with van der Waals surface area (Å²) >= 11 is 0. The van der Waals surface area contributed by atoms with Crippen molar-refractivity contribution in [3.63, 3.8) is 0 Å². The van der Waals surface area contributed by atoms with Crippen LogP contribution in [0.2, 0.25) is 0 Å². The van der Waals surface area contributed by atoms with Crippen LogP contribution in [0.15, 0.2) is 77.4 Å². The van der Waals surface area contributed by atoms with Crippen LogP contribution < -0.4 is 4.74 Å². The van der Waals surface area contributed by atoms with Gasteiger partial charge >= 0.3 is 0 Å². The van der Waals surface area contributed by atoms with E-state index in [1.807, 2.05) is 66.7 Å². The van der Waals surface area contributed by atoms with Crippen molar-refractivity contribution in [1.82, 2.24) is 4.90 Å². The molecule has 0 fully saturated rings. The van der Waals surface area contributed by atoms with Crippen LogP contribution >= 0.6 is 0 Å². The average Bonchev–Trinajstić information content (AvgIpc) is 3.22. The number of hydrogen-bond donors (Lipinski definition) is 1. The monoisotopic (exact) mass is 381 g/mol.